The van der Waals surface area contributed by atoms with Crippen LogP contribution in [0.2, 0.25) is 0 Å². The summed E-state index contributed by atoms with van der Waals surface area (Å²) in [4.78, 5) is 24.3. The monoisotopic (exact) mass is 452 g/mol. The lowest BCUT2D eigenvalue weighted by Crippen LogP contribution is -2.19. The third-order valence-electron chi connectivity index (χ3n) is 4.22. The molecule has 0 aliphatic rings. The van der Waals surface area contributed by atoms with Gasteiger partial charge in [-0.15, -0.1) is 0 Å². The lowest BCUT2D eigenvalue weighted by molar-refractivity contribution is -0.116. The molecule has 1 aromatic heterocycles. The first kappa shape index (κ1) is 20.5. The van der Waals surface area contributed by atoms with Crippen molar-refractivity contribution < 1.29 is 9.59 Å². The van der Waals surface area contributed by atoms with Crippen molar-refractivity contribution in [3.05, 3.63) is 83.1 Å². The smallest absolute Gasteiger partial charge is 0.271 e. The Morgan fingerprint density at radius 2 is 1.62 bits per heavy atom. The van der Waals surface area contributed by atoms with Gasteiger partial charge in [0.05, 0.1) is 0 Å². The molecule has 148 valence electrons. The molecule has 0 aliphatic heterocycles. The van der Waals surface area contributed by atoms with Gasteiger partial charge in [-0.05, 0) is 74.0 Å². The maximum absolute atomic E-state index is 12.2. The van der Waals surface area contributed by atoms with Crippen molar-refractivity contribution in [2.75, 3.05) is 5.32 Å². The number of hydrazone groups is 1. The third-order valence-corrected chi connectivity index (χ3v) is 4.75. The van der Waals surface area contributed by atoms with E-state index in [-0.39, 0.29) is 18.2 Å². The summed E-state index contributed by atoms with van der Waals surface area (Å²) >= 11 is 3.36. The Balaban J connectivity index is 1.46. The largest absolute Gasteiger partial charge is 0.326 e. The van der Waals surface area contributed by atoms with E-state index in [9.17, 15) is 9.59 Å². The van der Waals surface area contributed by atoms with Crippen molar-refractivity contribution >= 4 is 39.1 Å². The second-order valence-electron chi connectivity index (χ2n) is 6.48. The van der Waals surface area contributed by atoms with Gasteiger partial charge in [0.25, 0.3) is 5.91 Å². The number of aromatic nitrogens is 1. The zero-order valence-corrected chi connectivity index (χ0v) is 17.5. The summed E-state index contributed by atoms with van der Waals surface area (Å²) in [6, 6.07) is 18.5. The second kappa shape index (κ2) is 9.84. The van der Waals surface area contributed by atoms with Gasteiger partial charge in [-0.1, -0.05) is 15.9 Å². The van der Waals surface area contributed by atoms with Gasteiger partial charge in [0, 0.05) is 45.9 Å². The van der Waals surface area contributed by atoms with Gasteiger partial charge in [-0.2, -0.15) is 5.10 Å². The van der Waals surface area contributed by atoms with E-state index in [4.69, 9.17) is 0 Å². The quantitative estimate of drug-likeness (QED) is 0.400. The van der Waals surface area contributed by atoms with Gasteiger partial charge in [0.2, 0.25) is 5.91 Å². The Labute approximate surface area is 177 Å². The van der Waals surface area contributed by atoms with Crippen molar-refractivity contribution in [2.24, 2.45) is 5.10 Å². The van der Waals surface area contributed by atoms with Crippen LogP contribution in [-0.4, -0.2) is 22.1 Å². The van der Waals surface area contributed by atoms with Gasteiger partial charge >= 0.3 is 0 Å². The molecule has 1 heterocycles. The topological polar surface area (TPSA) is 75.5 Å². The van der Waals surface area contributed by atoms with Gasteiger partial charge in [-0.25, -0.2) is 5.43 Å². The molecule has 3 rings (SSSR count). The van der Waals surface area contributed by atoms with Crippen molar-refractivity contribution in [2.45, 2.75) is 19.8 Å². The molecule has 0 unspecified atom stereocenters. The minimum atomic E-state index is -0.289. The Hall–Kier alpha value is -3.19. The molecule has 0 saturated carbocycles. The van der Waals surface area contributed by atoms with Crippen molar-refractivity contribution in [3.8, 4) is 5.69 Å². The van der Waals surface area contributed by atoms with Gasteiger partial charge in [0.1, 0.15) is 0 Å². The highest BCUT2D eigenvalue weighted by Gasteiger charge is 2.07. The van der Waals surface area contributed by atoms with Gasteiger partial charge in [0.15, 0.2) is 0 Å². The highest BCUT2D eigenvalue weighted by Crippen LogP contribution is 2.14. The van der Waals surface area contributed by atoms with Crippen molar-refractivity contribution in [1.82, 2.24) is 9.99 Å². The van der Waals surface area contributed by atoms with Crippen LogP contribution in [0, 0.1) is 0 Å². The average Bonchev–Trinajstić information content (AvgIpc) is 3.27. The van der Waals surface area contributed by atoms with Crippen LogP contribution in [0.15, 0.2) is 82.6 Å². The number of amides is 2. The average molecular weight is 453 g/mol. The molecule has 0 fully saturated rings. The molecule has 2 amide bonds. The van der Waals surface area contributed by atoms with Crippen LogP contribution in [0.1, 0.15) is 30.1 Å². The minimum Gasteiger partial charge on any atom is -0.326 e. The lowest BCUT2D eigenvalue weighted by Gasteiger charge is -2.06. The van der Waals surface area contributed by atoms with E-state index in [0.717, 1.165) is 15.8 Å². The van der Waals surface area contributed by atoms with E-state index in [0.29, 0.717) is 17.7 Å². The second-order valence-corrected chi connectivity index (χ2v) is 7.40. The van der Waals surface area contributed by atoms with E-state index < -0.39 is 0 Å². The Morgan fingerprint density at radius 1 is 0.966 bits per heavy atom. The zero-order chi connectivity index (χ0) is 20.6. The number of halogens is 1. The summed E-state index contributed by atoms with van der Waals surface area (Å²) in [7, 11) is 0. The first-order valence-corrected chi connectivity index (χ1v) is 9.93. The Kier molecular flexibility index (Phi) is 6.97. The summed E-state index contributed by atoms with van der Waals surface area (Å²) < 4.78 is 2.91. The van der Waals surface area contributed by atoms with E-state index in [1.807, 2.05) is 65.5 Å². The number of carbonyl (C=O) groups is 2. The fourth-order valence-corrected chi connectivity index (χ4v) is 2.87. The van der Waals surface area contributed by atoms with Crippen LogP contribution in [0.25, 0.3) is 5.69 Å². The van der Waals surface area contributed by atoms with Crippen molar-refractivity contribution in [1.29, 1.82) is 0 Å². The molecule has 6 nitrogen and oxygen atoms in total. The van der Waals surface area contributed by atoms with Crippen LogP contribution < -0.4 is 10.7 Å². The van der Waals surface area contributed by atoms with E-state index in [1.165, 1.54) is 0 Å². The molecule has 29 heavy (non-hydrogen) atoms. The summed E-state index contributed by atoms with van der Waals surface area (Å²) in [5.41, 5.74) is 5.45. The van der Waals surface area contributed by atoms with E-state index in [1.54, 1.807) is 19.1 Å². The fourth-order valence-electron chi connectivity index (χ4n) is 2.61. The number of carbonyl (C=O) groups excluding carboxylic acids is 2. The molecule has 0 atom stereocenters. The van der Waals surface area contributed by atoms with Crippen LogP contribution in [0.5, 0.6) is 0 Å². The molecule has 2 N–H and O–H groups in total. The molecular weight excluding hydrogens is 432 g/mol. The molecule has 7 heteroatoms. The van der Waals surface area contributed by atoms with Crippen molar-refractivity contribution in [3.63, 3.8) is 0 Å². The summed E-state index contributed by atoms with van der Waals surface area (Å²) in [5, 5.41) is 6.92. The summed E-state index contributed by atoms with van der Waals surface area (Å²) in [6.07, 6.45) is 4.62. The van der Waals surface area contributed by atoms with Gasteiger partial charge in [-0.3, -0.25) is 9.59 Å². The first-order chi connectivity index (χ1) is 14.0. The van der Waals surface area contributed by atoms with E-state index >= 15 is 0 Å². The number of anilines is 1. The minimum absolute atomic E-state index is 0.103. The number of benzene rings is 2. The maximum atomic E-state index is 12.2. The number of rotatable bonds is 7. The molecule has 2 aromatic carbocycles. The molecule has 0 spiro atoms. The van der Waals surface area contributed by atoms with E-state index in [2.05, 4.69) is 31.8 Å². The fraction of sp³-hybridized carbons (Fsp3) is 0.136. The molecule has 3 aromatic rings. The molecule has 0 aliphatic carbocycles. The Bertz CT molecular complexity index is 994. The zero-order valence-electron chi connectivity index (χ0n) is 15.9. The number of hydrogen-bond donors (Lipinski definition) is 2. The van der Waals surface area contributed by atoms with Crippen LogP contribution in [-0.2, 0) is 4.79 Å². The number of nitrogens with one attached hydrogen (secondary N) is 2. The highest BCUT2D eigenvalue weighted by atomic mass is 79.9. The molecular formula is C22H21BrN4O2. The molecule has 0 radical (unpaired) electrons. The lowest BCUT2D eigenvalue weighted by atomic mass is 10.2. The Morgan fingerprint density at radius 3 is 2.28 bits per heavy atom. The number of hydrogen-bond acceptors (Lipinski definition) is 3. The number of nitrogens with zero attached hydrogens (tertiary/aromatic N) is 2. The first-order valence-electron chi connectivity index (χ1n) is 9.13. The predicted molar refractivity (Wildman–Crippen MR) is 118 cm³/mol. The highest BCUT2D eigenvalue weighted by molar-refractivity contribution is 9.10. The molecule has 0 bridgehead atoms. The SMILES string of the molecule is C/C(CCC(=O)Nc1ccc(Br)cc1)=N\NC(=O)c1ccc(-n2cccc2)cc1. The van der Waals surface area contributed by atoms with Gasteiger partial charge < -0.3 is 9.88 Å². The summed E-state index contributed by atoms with van der Waals surface area (Å²) in [6.45, 7) is 1.78. The van der Waals surface area contributed by atoms with Crippen LogP contribution >= 0.6 is 15.9 Å². The standard InChI is InChI=1S/C22H21BrN4O2/c1-16(4-13-21(28)24-19-9-7-18(23)8-10-19)25-26-22(29)17-5-11-20(12-6-17)27-14-2-3-15-27/h2-3,5-12,14-15H,4,13H2,1H3,(H,24,28)(H,26,29)/b25-16+. The molecule has 0 saturated heterocycles. The normalized spacial score (nSPS) is 11.2. The maximum Gasteiger partial charge on any atom is 0.271 e. The van der Waals surface area contributed by atoms with Crippen LogP contribution in [0.4, 0.5) is 5.69 Å². The van der Waals surface area contributed by atoms with Crippen LogP contribution in [0.3, 0.4) is 0 Å². The predicted octanol–water partition coefficient (Wildman–Crippen LogP) is 4.76. The third kappa shape index (κ3) is 6.15. The summed E-state index contributed by atoms with van der Waals surface area (Å²) in [5.74, 6) is -0.392.